The summed E-state index contributed by atoms with van der Waals surface area (Å²) in [5.41, 5.74) is 15.1. The molecule has 0 radical (unpaired) electrons. The summed E-state index contributed by atoms with van der Waals surface area (Å²) in [7, 11) is 0. The number of nitrogens with two attached hydrogens (primary N) is 3. The fraction of sp³-hybridized carbons (Fsp3) is 0.667. The highest BCUT2D eigenvalue weighted by atomic mass is 16.4. The summed E-state index contributed by atoms with van der Waals surface area (Å²) < 4.78 is 22.0. The zero-order chi connectivity index (χ0) is 12.2. The van der Waals surface area contributed by atoms with Crippen LogP contribution in [0.5, 0.6) is 0 Å². The molecule has 0 rings (SSSR count). The van der Waals surface area contributed by atoms with Crippen LogP contribution in [0.2, 0.25) is 0 Å². The molecule has 0 aromatic heterocycles. The zero-order valence-corrected chi connectivity index (χ0v) is 6.34. The number of nitrogens with zero attached hydrogens (tertiary/aromatic N) is 1. The largest absolute Gasteiger partial charge is 0.480 e. The summed E-state index contributed by atoms with van der Waals surface area (Å²) >= 11 is 0. The first-order chi connectivity index (χ1) is 6.77. The zero-order valence-electron chi connectivity index (χ0n) is 9.34. The van der Waals surface area contributed by atoms with Crippen molar-refractivity contribution in [1.82, 2.24) is 0 Å². The summed E-state index contributed by atoms with van der Waals surface area (Å²) in [5.74, 6) is -1.78. The molecule has 0 aromatic carbocycles. The quantitative estimate of drug-likeness (QED) is 0.298. The van der Waals surface area contributed by atoms with E-state index in [1.807, 2.05) is 0 Å². The molecule has 0 saturated heterocycles. The van der Waals surface area contributed by atoms with Gasteiger partial charge in [-0.25, -0.2) is 0 Å². The van der Waals surface area contributed by atoms with Crippen molar-refractivity contribution in [3.63, 3.8) is 0 Å². The summed E-state index contributed by atoms with van der Waals surface area (Å²) in [6, 6.07) is -1.53. The average Bonchev–Trinajstić information content (AvgIpc) is 2.13. The van der Waals surface area contributed by atoms with Crippen LogP contribution in [0.3, 0.4) is 0 Å². The fourth-order valence-electron chi connectivity index (χ4n) is 0.381. The van der Waals surface area contributed by atoms with Gasteiger partial charge in [0.25, 0.3) is 0 Å². The van der Waals surface area contributed by atoms with Crippen molar-refractivity contribution in [1.29, 1.82) is 0 Å². The maximum absolute atomic E-state index is 10.4. The number of carboxylic acid groups (broad SMARTS) is 1. The highest BCUT2D eigenvalue weighted by molar-refractivity contribution is 5.75. The van der Waals surface area contributed by atoms with Gasteiger partial charge in [0.1, 0.15) is 6.04 Å². The van der Waals surface area contributed by atoms with Crippen molar-refractivity contribution in [2.75, 3.05) is 6.52 Å². The van der Waals surface area contributed by atoms with Gasteiger partial charge in [0.15, 0.2) is 5.96 Å². The van der Waals surface area contributed by atoms with Crippen molar-refractivity contribution in [2.45, 2.75) is 18.8 Å². The van der Waals surface area contributed by atoms with Gasteiger partial charge in [0.05, 0.1) is 1.37 Å². The molecule has 0 aliphatic rings. The molecule has 0 aliphatic heterocycles. The second kappa shape index (κ2) is 5.36. The highest BCUT2D eigenvalue weighted by Crippen LogP contribution is 1.94. The molecule has 0 unspecified atom stereocenters. The van der Waals surface area contributed by atoms with Crippen LogP contribution in [0.15, 0.2) is 4.99 Å². The summed E-state index contributed by atoms with van der Waals surface area (Å²) in [6.45, 7) is -1.41. The number of rotatable bonds is 5. The van der Waals surface area contributed by atoms with E-state index in [4.69, 9.17) is 26.4 Å². The number of aliphatic imine (C=N–C) groups is 1. The molecular formula is C6H14N4O2. The standard InChI is InChI=1S/C6H14N4O2/c7-4(5(11)12)2-1-3-10-6(8)9/h4H,1-3,7H2,(H,11,12)(H4,8,9,10)/t4-/m0/s1/i1D,2D,3D/t1-,2-,3+,4-. The Morgan fingerprint density at radius 3 is 2.67 bits per heavy atom. The third-order valence-electron chi connectivity index (χ3n) is 0.913. The predicted molar refractivity (Wildman–Crippen MR) is 45.5 cm³/mol. The Balaban J connectivity index is 4.50. The van der Waals surface area contributed by atoms with Crippen molar-refractivity contribution >= 4 is 11.9 Å². The van der Waals surface area contributed by atoms with E-state index < -0.39 is 31.3 Å². The van der Waals surface area contributed by atoms with Crippen LogP contribution in [0.1, 0.15) is 16.9 Å². The van der Waals surface area contributed by atoms with Gasteiger partial charge in [0.2, 0.25) is 0 Å². The molecule has 7 N–H and O–H groups in total. The van der Waals surface area contributed by atoms with Crippen molar-refractivity contribution in [3.05, 3.63) is 0 Å². The molecular weight excluding hydrogens is 160 g/mol. The second-order valence-corrected chi connectivity index (χ2v) is 1.95. The Kier molecular flexibility index (Phi) is 2.79. The Morgan fingerprint density at radius 1 is 1.67 bits per heavy atom. The molecule has 12 heavy (non-hydrogen) atoms. The lowest BCUT2D eigenvalue weighted by Crippen LogP contribution is -2.30. The Bertz CT molecular complexity index is 259. The van der Waals surface area contributed by atoms with Crippen LogP contribution in [-0.2, 0) is 4.79 Å². The smallest absolute Gasteiger partial charge is 0.320 e. The molecule has 0 heterocycles. The number of hydrogen-bond donors (Lipinski definition) is 4. The second-order valence-electron chi connectivity index (χ2n) is 1.95. The van der Waals surface area contributed by atoms with E-state index in [1.165, 1.54) is 0 Å². The number of guanidine groups is 1. The van der Waals surface area contributed by atoms with E-state index >= 15 is 0 Å². The third kappa shape index (κ3) is 5.48. The SMILES string of the molecule is [2H][C@@H]([C@H]([2H])[C@@H]([2H])N=C(N)N)[C@H](N)C(=O)O. The average molecular weight is 177 g/mol. The Labute approximate surface area is 74.6 Å². The number of carboxylic acids is 1. The molecule has 6 nitrogen and oxygen atoms in total. The normalized spacial score (nSPS) is 23.6. The third-order valence-corrected chi connectivity index (χ3v) is 0.913. The first-order valence-corrected chi connectivity index (χ1v) is 3.11. The van der Waals surface area contributed by atoms with E-state index in [-0.39, 0.29) is 5.96 Å². The Hall–Kier alpha value is -1.30. The molecule has 0 aliphatic carbocycles. The molecule has 4 atom stereocenters. The molecule has 70 valence electrons. The molecule has 0 fully saturated rings. The van der Waals surface area contributed by atoms with Crippen LogP contribution in [0.4, 0.5) is 0 Å². The lowest BCUT2D eigenvalue weighted by atomic mass is 10.2. The first kappa shape index (κ1) is 6.24. The number of aliphatic carboxylic acids is 1. The van der Waals surface area contributed by atoms with Gasteiger partial charge >= 0.3 is 5.97 Å². The van der Waals surface area contributed by atoms with Gasteiger partial charge in [0, 0.05) is 9.26 Å². The van der Waals surface area contributed by atoms with Crippen molar-refractivity contribution < 1.29 is 14.0 Å². The van der Waals surface area contributed by atoms with Gasteiger partial charge in [-0.15, -0.1) is 0 Å². The van der Waals surface area contributed by atoms with E-state index in [0.29, 0.717) is 0 Å². The monoisotopic (exact) mass is 177 g/mol. The molecule has 0 amide bonds. The van der Waals surface area contributed by atoms with Gasteiger partial charge in [-0.1, -0.05) is 0 Å². The topological polar surface area (TPSA) is 128 Å². The van der Waals surface area contributed by atoms with E-state index in [1.54, 1.807) is 0 Å². The van der Waals surface area contributed by atoms with Crippen LogP contribution in [0, 0.1) is 0 Å². The van der Waals surface area contributed by atoms with Crippen LogP contribution in [0.25, 0.3) is 0 Å². The summed E-state index contributed by atoms with van der Waals surface area (Å²) in [5, 5.41) is 8.49. The van der Waals surface area contributed by atoms with Gasteiger partial charge in [-0.2, -0.15) is 0 Å². The summed E-state index contributed by atoms with van der Waals surface area (Å²) in [4.78, 5) is 13.7. The van der Waals surface area contributed by atoms with Crippen LogP contribution in [-0.4, -0.2) is 29.6 Å². The van der Waals surface area contributed by atoms with Crippen LogP contribution >= 0.6 is 0 Å². The molecule has 6 heteroatoms. The van der Waals surface area contributed by atoms with Crippen molar-refractivity contribution in [3.8, 4) is 0 Å². The Morgan fingerprint density at radius 2 is 2.25 bits per heavy atom. The number of carbonyl (C=O) groups is 1. The molecule has 0 aromatic rings. The fourth-order valence-corrected chi connectivity index (χ4v) is 0.381. The van der Waals surface area contributed by atoms with Crippen molar-refractivity contribution in [2.24, 2.45) is 22.2 Å². The first-order valence-electron chi connectivity index (χ1n) is 4.84. The number of hydrogen-bond acceptors (Lipinski definition) is 3. The van der Waals surface area contributed by atoms with E-state index in [0.717, 1.165) is 0 Å². The van der Waals surface area contributed by atoms with E-state index in [2.05, 4.69) is 4.99 Å². The summed E-state index contributed by atoms with van der Waals surface area (Å²) in [6.07, 6.45) is -2.88. The molecule has 0 spiro atoms. The van der Waals surface area contributed by atoms with Gasteiger partial charge in [-0.05, 0) is 12.8 Å². The lowest BCUT2D eigenvalue weighted by Gasteiger charge is -2.03. The molecule has 0 bridgehead atoms. The van der Waals surface area contributed by atoms with Gasteiger partial charge in [-0.3, -0.25) is 9.79 Å². The maximum atomic E-state index is 10.4. The molecule has 0 saturated carbocycles. The van der Waals surface area contributed by atoms with Crippen LogP contribution < -0.4 is 17.2 Å². The lowest BCUT2D eigenvalue weighted by molar-refractivity contribution is -0.138. The minimum Gasteiger partial charge on any atom is -0.480 e. The van der Waals surface area contributed by atoms with Gasteiger partial charge < -0.3 is 22.3 Å². The predicted octanol–water partition coefficient (Wildman–Crippen LogP) is -1.55. The van der Waals surface area contributed by atoms with E-state index in [9.17, 15) is 4.79 Å². The maximum Gasteiger partial charge on any atom is 0.320 e. The minimum atomic E-state index is -1.53. The minimum absolute atomic E-state index is 0.386. The highest BCUT2D eigenvalue weighted by Gasteiger charge is 2.09.